The van der Waals surface area contributed by atoms with Gasteiger partial charge in [0.25, 0.3) is 5.91 Å². The number of fused-ring (bicyclic) bond motifs is 1. The van der Waals surface area contributed by atoms with Gasteiger partial charge in [0.2, 0.25) is 5.91 Å². The van der Waals surface area contributed by atoms with Gasteiger partial charge in [-0.25, -0.2) is 4.79 Å². The van der Waals surface area contributed by atoms with Gasteiger partial charge in [0.1, 0.15) is 12.6 Å². The fourth-order valence-corrected chi connectivity index (χ4v) is 6.66. The number of likely N-dealkylation sites (tertiary alicyclic amines) is 1. The van der Waals surface area contributed by atoms with Crippen LogP contribution in [-0.2, 0) is 22.6 Å². The third-order valence-corrected chi connectivity index (χ3v) is 9.01. The lowest BCUT2D eigenvalue weighted by Gasteiger charge is -2.29. The smallest absolute Gasteiger partial charge is 0.410 e. The first-order valence-electron chi connectivity index (χ1n) is 13.8. The fraction of sp³-hybridized carbons (Fsp3) is 0.552. The number of ether oxygens (including phenoxy) is 1. The van der Waals surface area contributed by atoms with Crippen LogP contribution in [0.2, 0.25) is 0 Å². The van der Waals surface area contributed by atoms with Gasteiger partial charge in [-0.05, 0) is 93.7 Å². The van der Waals surface area contributed by atoms with E-state index in [0.29, 0.717) is 25.1 Å². The fourth-order valence-electron chi connectivity index (χ4n) is 5.74. The molecule has 9 heteroatoms. The minimum atomic E-state index is -0.443. The lowest BCUT2D eigenvalue weighted by molar-refractivity contribution is -0.135. The van der Waals surface area contributed by atoms with Crippen LogP contribution in [0.25, 0.3) is 0 Å². The molecule has 1 aromatic carbocycles. The highest BCUT2D eigenvalue weighted by atomic mass is 32.1. The Morgan fingerprint density at radius 3 is 2.68 bits per heavy atom. The Balaban J connectivity index is 1.20. The molecule has 1 aromatic heterocycles. The summed E-state index contributed by atoms with van der Waals surface area (Å²) in [7, 11) is 2.08. The van der Waals surface area contributed by atoms with E-state index in [0.717, 1.165) is 75.1 Å². The van der Waals surface area contributed by atoms with Crippen molar-refractivity contribution in [1.29, 1.82) is 0 Å². The van der Waals surface area contributed by atoms with Crippen LogP contribution in [0.1, 0.15) is 58.5 Å². The van der Waals surface area contributed by atoms with Gasteiger partial charge in [-0.15, -0.1) is 11.3 Å². The van der Waals surface area contributed by atoms with E-state index in [2.05, 4.69) is 17.3 Å². The number of carbonyl (C=O) groups excluding carboxylic acids is 3. The molecule has 0 saturated carbocycles. The Morgan fingerprint density at radius 2 is 1.84 bits per heavy atom. The Bertz CT molecular complexity index is 1180. The Kier molecular flexibility index (Phi) is 8.33. The maximum Gasteiger partial charge on any atom is 0.410 e. The molecule has 4 heterocycles. The lowest BCUT2D eigenvalue weighted by Crippen LogP contribution is -2.48. The number of hydrogen-bond acceptors (Lipinski definition) is 6. The second kappa shape index (κ2) is 11.9. The van der Waals surface area contributed by atoms with Crippen LogP contribution < -0.4 is 4.90 Å². The number of benzene rings is 1. The van der Waals surface area contributed by atoms with E-state index in [4.69, 9.17) is 4.74 Å². The molecule has 5 rings (SSSR count). The average molecular weight is 539 g/mol. The predicted molar refractivity (Wildman–Crippen MR) is 149 cm³/mol. The zero-order chi connectivity index (χ0) is 26.6. The van der Waals surface area contributed by atoms with Gasteiger partial charge >= 0.3 is 6.09 Å². The van der Waals surface area contributed by atoms with Crippen LogP contribution in [0.3, 0.4) is 0 Å². The molecule has 2 fully saturated rings. The van der Waals surface area contributed by atoms with Crippen molar-refractivity contribution < 1.29 is 19.1 Å². The van der Waals surface area contributed by atoms with Crippen molar-refractivity contribution in [1.82, 2.24) is 14.7 Å². The summed E-state index contributed by atoms with van der Waals surface area (Å²) < 4.78 is 5.69. The first-order chi connectivity index (χ1) is 18.4. The van der Waals surface area contributed by atoms with Gasteiger partial charge in [-0.1, -0.05) is 6.07 Å². The van der Waals surface area contributed by atoms with Crippen LogP contribution in [0, 0.1) is 6.92 Å². The third-order valence-electron chi connectivity index (χ3n) is 8.04. The number of thiophene rings is 1. The number of amides is 3. The summed E-state index contributed by atoms with van der Waals surface area (Å²) in [5.74, 6) is 0.0485. The molecule has 0 spiro atoms. The van der Waals surface area contributed by atoms with Gasteiger partial charge in [-0.3, -0.25) is 14.5 Å². The van der Waals surface area contributed by atoms with Crippen molar-refractivity contribution in [2.45, 2.75) is 58.1 Å². The van der Waals surface area contributed by atoms with Crippen molar-refractivity contribution in [3.63, 3.8) is 0 Å². The van der Waals surface area contributed by atoms with Crippen LogP contribution in [0.5, 0.6) is 0 Å². The zero-order valence-corrected chi connectivity index (χ0v) is 23.3. The standard InChI is InChI=1S/C29H38N4O4S/c1-21-19-22(27(34)32-14-4-3-8-26-24(32)11-18-38-26)9-10-23(21)20-37-29(36)33-15-5-7-25(33)28(35)31-13-6-12-30(2)16-17-31/h9-11,18-19,25H,3-8,12-17,20H2,1-2H3/t25-/m1/s1. The first kappa shape index (κ1) is 26.7. The average Bonchev–Trinajstić information content (AvgIpc) is 3.49. The first-order valence-corrected chi connectivity index (χ1v) is 14.7. The second-order valence-corrected chi connectivity index (χ2v) is 11.7. The van der Waals surface area contributed by atoms with E-state index < -0.39 is 12.1 Å². The molecule has 0 N–H and O–H groups in total. The number of rotatable bonds is 4. The number of nitrogens with zero attached hydrogens (tertiary/aromatic N) is 4. The molecule has 0 radical (unpaired) electrons. The molecule has 0 bridgehead atoms. The van der Waals surface area contributed by atoms with Crippen molar-refractivity contribution in [2.24, 2.45) is 0 Å². The van der Waals surface area contributed by atoms with Gasteiger partial charge < -0.3 is 19.4 Å². The second-order valence-electron chi connectivity index (χ2n) is 10.7. The monoisotopic (exact) mass is 538 g/mol. The molecule has 3 aliphatic rings. The van der Waals surface area contributed by atoms with E-state index in [1.54, 1.807) is 16.2 Å². The molecule has 3 amide bonds. The highest BCUT2D eigenvalue weighted by Crippen LogP contribution is 2.32. The number of anilines is 1. The number of hydrogen-bond donors (Lipinski definition) is 0. The zero-order valence-electron chi connectivity index (χ0n) is 22.5. The molecule has 3 aliphatic heterocycles. The number of carbonyl (C=O) groups is 3. The normalized spacial score (nSPS) is 20.6. The van der Waals surface area contributed by atoms with E-state index in [-0.39, 0.29) is 18.4 Å². The summed E-state index contributed by atoms with van der Waals surface area (Å²) in [4.78, 5) is 48.6. The van der Waals surface area contributed by atoms with Crippen molar-refractivity contribution in [3.05, 3.63) is 51.2 Å². The number of aryl methyl sites for hydroxylation is 2. The molecule has 0 aliphatic carbocycles. The minimum absolute atomic E-state index is 0.0105. The van der Waals surface area contributed by atoms with Crippen molar-refractivity contribution in [3.8, 4) is 0 Å². The van der Waals surface area contributed by atoms with Crippen LogP contribution in [0.15, 0.2) is 29.6 Å². The largest absolute Gasteiger partial charge is 0.445 e. The van der Waals surface area contributed by atoms with E-state index in [1.807, 2.05) is 41.0 Å². The molecule has 204 valence electrons. The van der Waals surface area contributed by atoms with Gasteiger partial charge in [0, 0.05) is 43.2 Å². The Morgan fingerprint density at radius 1 is 0.974 bits per heavy atom. The van der Waals surface area contributed by atoms with Gasteiger partial charge in [-0.2, -0.15) is 0 Å². The van der Waals surface area contributed by atoms with Crippen molar-refractivity contribution >= 4 is 34.9 Å². The topological polar surface area (TPSA) is 73.4 Å². The molecule has 2 aromatic rings. The summed E-state index contributed by atoms with van der Waals surface area (Å²) in [6.45, 7) is 6.59. The van der Waals surface area contributed by atoms with Gasteiger partial charge in [0.05, 0.1) is 5.69 Å². The SMILES string of the molecule is Cc1cc(C(=O)N2CCCCc3sccc32)ccc1COC(=O)N1CCC[C@@H]1C(=O)N1CCCN(C)CC1. The summed E-state index contributed by atoms with van der Waals surface area (Å²) in [5.41, 5.74) is 3.45. The maximum absolute atomic E-state index is 13.4. The molecule has 38 heavy (non-hydrogen) atoms. The molecular formula is C29H38N4O4S. The Labute approximate surface area is 229 Å². The molecule has 1 atom stereocenters. The quantitative estimate of drug-likeness (QED) is 0.580. The maximum atomic E-state index is 13.4. The summed E-state index contributed by atoms with van der Waals surface area (Å²) in [6.07, 6.45) is 5.11. The summed E-state index contributed by atoms with van der Waals surface area (Å²) in [5, 5.41) is 2.06. The third kappa shape index (κ3) is 5.73. The molecule has 0 unspecified atom stereocenters. The van der Waals surface area contributed by atoms with E-state index in [1.165, 1.54) is 4.88 Å². The van der Waals surface area contributed by atoms with Crippen LogP contribution in [0.4, 0.5) is 10.5 Å². The Hall–Kier alpha value is -2.91. The minimum Gasteiger partial charge on any atom is -0.445 e. The van der Waals surface area contributed by atoms with Crippen molar-refractivity contribution in [2.75, 3.05) is 51.2 Å². The highest BCUT2D eigenvalue weighted by molar-refractivity contribution is 7.10. The highest BCUT2D eigenvalue weighted by Gasteiger charge is 2.37. The molecule has 2 saturated heterocycles. The predicted octanol–water partition coefficient (Wildman–Crippen LogP) is 4.30. The summed E-state index contributed by atoms with van der Waals surface area (Å²) in [6, 6.07) is 7.20. The number of likely N-dealkylation sites (N-methyl/N-ethyl adjacent to an activating group) is 1. The molecular weight excluding hydrogens is 500 g/mol. The van der Waals surface area contributed by atoms with Gasteiger partial charge in [0.15, 0.2) is 0 Å². The van der Waals surface area contributed by atoms with Crippen LogP contribution >= 0.6 is 11.3 Å². The summed E-state index contributed by atoms with van der Waals surface area (Å²) >= 11 is 1.72. The van der Waals surface area contributed by atoms with Crippen LogP contribution in [-0.4, -0.2) is 85.0 Å². The molecule has 8 nitrogen and oxygen atoms in total. The lowest BCUT2D eigenvalue weighted by atomic mass is 10.0. The van der Waals surface area contributed by atoms with E-state index in [9.17, 15) is 14.4 Å². The van der Waals surface area contributed by atoms with E-state index >= 15 is 0 Å².